The third-order valence-electron chi connectivity index (χ3n) is 7.27. The van der Waals surface area contributed by atoms with Crippen molar-refractivity contribution < 1.29 is 35.0 Å². The summed E-state index contributed by atoms with van der Waals surface area (Å²) in [6.45, 7) is 2.25. The average molecular weight is 642 g/mol. The van der Waals surface area contributed by atoms with E-state index in [9.17, 15) is 25.8 Å². The molecule has 0 aliphatic rings. The summed E-state index contributed by atoms with van der Waals surface area (Å²) in [5.74, 6) is 0.374. The van der Waals surface area contributed by atoms with Crippen molar-refractivity contribution in [2.45, 2.75) is 107 Å². The van der Waals surface area contributed by atoms with Gasteiger partial charge in [0.05, 0.1) is 10.6 Å². The standard InChI is InChI=1S/C32H42F3NO5S2/c1-2-3-4-5-6-7-8-9-10-11-12-13-14-18-26-19-17-20-27(25-26)40-41-42(37)31-24-23-30(28-21-15-16-22-29(28)31)36-43(38,39)32(33,34)35/h15-17,19-25,36H,2-14,18H2,1H3. The van der Waals surface area contributed by atoms with E-state index < -0.39 is 26.6 Å². The number of aryl methyl sites for hydroxylation is 1. The van der Waals surface area contributed by atoms with Crippen molar-refractivity contribution in [3.63, 3.8) is 0 Å². The van der Waals surface area contributed by atoms with Gasteiger partial charge in [-0.15, -0.1) is 0 Å². The highest BCUT2D eigenvalue weighted by Crippen LogP contribution is 2.33. The van der Waals surface area contributed by atoms with E-state index in [0.717, 1.165) is 30.9 Å². The molecular formula is C32H42F3NO5S2. The Morgan fingerprint density at radius 3 is 1.93 bits per heavy atom. The molecule has 0 aliphatic heterocycles. The van der Waals surface area contributed by atoms with Gasteiger partial charge in [0, 0.05) is 10.8 Å². The largest absolute Gasteiger partial charge is 0.516 e. The van der Waals surface area contributed by atoms with Crippen LogP contribution in [0.25, 0.3) is 10.8 Å². The summed E-state index contributed by atoms with van der Waals surface area (Å²) < 4.78 is 81.5. The number of benzene rings is 3. The van der Waals surface area contributed by atoms with Crippen molar-refractivity contribution >= 4 is 37.6 Å². The summed E-state index contributed by atoms with van der Waals surface area (Å²) in [6.07, 6.45) is 17.7. The van der Waals surface area contributed by atoms with Gasteiger partial charge in [0.2, 0.25) is 11.1 Å². The summed E-state index contributed by atoms with van der Waals surface area (Å²) in [4.78, 5) is 5.44. The van der Waals surface area contributed by atoms with Crippen LogP contribution in [0.4, 0.5) is 18.9 Å². The third kappa shape index (κ3) is 11.4. The number of fused-ring (bicyclic) bond motifs is 1. The molecule has 6 nitrogen and oxygen atoms in total. The van der Waals surface area contributed by atoms with Gasteiger partial charge in [-0.1, -0.05) is 125 Å². The molecule has 0 fully saturated rings. The number of alkyl halides is 3. The molecule has 0 aromatic heterocycles. The van der Waals surface area contributed by atoms with Gasteiger partial charge in [0.15, 0.2) is 5.75 Å². The lowest BCUT2D eigenvalue weighted by molar-refractivity contribution is -0.0856. The van der Waals surface area contributed by atoms with Crippen LogP contribution in [0.1, 0.15) is 96.0 Å². The molecule has 43 heavy (non-hydrogen) atoms. The maximum absolute atomic E-state index is 12.9. The highest BCUT2D eigenvalue weighted by atomic mass is 32.2. The molecule has 1 unspecified atom stereocenters. The average Bonchev–Trinajstić information content (AvgIpc) is 2.98. The minimum atomic E-state index is -5.63. The second kappa shape index (κ2) is 17.6. The zero-order valence-corrected chi connectivity index (χ0v) is 26.3. The maximum Gasteiger partial charge on any atom is 0.516 e. The number of nitrogens with one attached hydrogen (secondary N) is 1. The number of sulfonamides is 1. The van der Waals surface area contributed by atoms with Crippen LogP contribution in [0.2, 0.25) is 0 Å². The smallest absolute Gasteiger partial charge is 0.323 e. The number of anilines is 1. The van der Waals surface area contributed by atoms with Crippen LogP contribution in [0, 0.1) is 0 Å². The number of hydrogen-bond donors (Lipinski definition) is 1. The van der Waals surface area contributed by atoms with Crippen molar-refractivity contribution in [2.75, 3.05) is 4.72 Å². The quantitative estimate of drug-likeness (QED) is 0.0755. The third-order valence-corrected chi connectivity index (χ3v) is 9.28. The van der Waals surface area contributed by atoms with Crippen LogP contribution in [0.3, 0.4) is 0 Å². The minimum absolute atomic E-state index is 0.119. The first-order valence-electron chi connectivity index (χ1n) is 15.1. The second-order valence-electron chi connectivity index (χ2n) is 10.7. The van der Waals surface area contributed by atoms with Crippen LogP contribution < -0.4 is 9.61 Å². The van der Waals surface area contributed by atoms with E-state index in [4.69, 9.17) is 9.22 Å². The SMILES string of the molecule is CCCCCCCCCCCCCCCc1cccc(OOS(=O)c2ccc(NS(=O)(=O)C(F)(F)F)c3ccccc23)c1. The Balaban J connectivity index is 1.44. The van der Waals surface area contributed by atoms with E-state index in [1.165, 1.54) is 94.9 Å². The van der Waals surface area contributed by atoms with Gasteiger partial charge in [-0.05, 0) is 42.7 Å². The summed E-state index contributed by atoms with van der Waals surface area (Å²) in [7, 11) is -5.63. The Bertz CT molecular complexity index is 1410. The monoisotopic (exact) mass is 641 g/mol. The number of unbranched alkanes of at least 4 members (excludes halogenated alkanes) is 12. The van der Waals surface area contributed by atoms with E-state index in [-0.39, 0.29) is 21.4 Å². The highest BCUT2D eigenvalue weighted by Gasteiger charge is 2.46. The molecule has 0 heterocycles. The lowest BCUT2D eigenvalue weighted by Gasteiger charge is -2.14. The van der Waals surface area contributed by atoms with Gasteiger partial charge in [-0.25, -0.2) is 4.21 Å². The molecular weight excluding hydrogens is 599 g/mol. The first-order chi connectivity index (χ1) is 20.6. The fraction of sp³-hybridized carbons (Fsp3) is 0.500. The predicted octanol–water partition coefficient (Wildman–Crippen LogP) is 9.77. The Morgan fingerprint density at radius 2 is 1.33 bits per heavy atom. The van der Waals surface area contributed by atoms with E-state index in [2.05, 4.69) is 6.92 Å². The molecule has 0 bridgehead atoms. The van der Waals surface area contributed by atoms with Crippen molar-refractivity contribution in [2.24, 2.45) is 0 Å². The Labute approximate surface area is 256 Å². The van der Waals surface area contributed by atoms with Crippen molar-refractivity contribution in [1.29, 1.82) is 0 Å². The maximum atomic E-state index is 12.9. The van der Waals surface area contributed by atoms with Crippen molar-refractivity contribution in [3.8, 4) is 5.75 Å². The normalized spacial score (nSPS) is 12.8. The molecule has 11 heteroatoms. The molecule has 1 atom stereocenters. The Kier molecular flexibility index (Phi) is 14.3. The molecule has 0 spiro atoms. The van der Waals surface area contributed by atoms with Gasteiger partial charge in [0.1, 0.15) is 0 Å². The lowest BCUT2D eigenvalue weighted by atomic mass is 10.0. The predicted molar refractivity (Wildman–Crippen MR) is 167 cm³/mol. The first kappa shape index (κ1) is 34.9. The van der Waals surface area contributed by atoms with Gasteiger partial charge in [0.25, 0.3) is 0 Å². The zero-order valence-electron chi connectivity index (χ0n) is 24.7. The van der Waals surface area contributed by atoms with E-state index in [0.29, 0.717) is 5.75 Å². The van der Waals surface area contributed by atoms with Crippen LogP contribution in [-0.2, 0) is 31.9 Å². The molecule has 0 amide bonds. The van der Waals surface area contributed by atoms with Gasteiger partial charge < -0.3 is 4.89 Å². The number of hydrogen-bond acceptors (Lipinski definition) is 5. The summed E-state index contributed by atoms with van der Waals surface area (Å²) in [5, 5.41) is 0.382. The molecule has 238 valence electrons. The fourth-order valence-corrected chi connectivity index (χ4v) is 6.25. The van der Waals surface area contributed by atoms with Crippen LogP contribution >= 0.6 is 0 Å². The fourth-order valence-electron chi connectivity index (χ4n) is 4.91. The Hall–Kier alpha value is -2.63. The number of halogens is 3. The van der Waals surface area contributed by atoms with E-state index in [1.54, 1.807) is 16.9 Å². The van der Waals surface area contributed by atoms with E-state index >= 15 is 0 Å². The first-order valence-corrected chi connectivity index (χ1v) is 17.6. The van der Waals surface area contributed by atoms with Gasteiger partial charge in [-0.2, -0.15) is 21.6 Å². The van der Waals surface area contributed by atoms with Gasteiger partial charge in [-0.3, -0.25) is 4.72 Å². The minimum Gasteiger partial charge on any atom is -0.323 e. The van der Waals surface area contributed by atoms with Crippen LogP contribution in [0.15, 0.2) is 65.6 Å². The van der Waals surface area contributed by atoms with E-state index in [1.807, 2.05) is 18.2 Å². The van der Waals surface area contributed by atoms with Crippen molar-refractivity contribution in [1.82, 2.24) is 0 Å². The van der Waals surface area contributed by atoms with Crippen LogP contribution in [0.5, 0.6) is 5.75 Å². The second-order valence-corrected chi connectivity index (χ2v) is 13.5. The molecule has 3 rings (SSSR count). The molecule has 0 radical (unpaired) electrons. The van der Waals surface area contributed by atoms with Crippen molar-refractivity contribution in [3.05, 3.63) is 66.2 Å². The lowest BCUT2D eigenvalue weighted by Crippen LogP contribution is -2.30. The molecule has 3 aromatic rings. The zero-order chi connectivity index (χ0) is 31.1. The Morgan fingerprint density at radius 1 is 0.744 bits per heavy atom. The summed E-state index contributed by atoms with van der Waals surface area (Å²) in [6, 6.07) is 15.7. The number of rotatable bonds is 20. The molecule has 1 N–H and O–H groups in total. The highest BCUT2D eigenvalue weighted by molar-refractivity contribution is 7.93. The summed E-state index contributed by atoms with van der Waals surface area (Å²) >= 11 is -2.15. The molecule has 0 aliphatic carbocycles. The van der Waals surface area contributed by atoms with Gasteiger partial charge >= 0.3 is 15.5 Å². The molecule has 3 aromatic carbocycles. The van der Waals surface area contributed by atoms with Crippen LogP contribution in [-0.4, -0.2) is 18.1 Å². The molecule has 0 saturated carbocycles. The summed E-state index contributed by atoms with van der Waals surface area (Å²) in [5.41, 5.74) is -4.70. The molecule has 0 saturated heterocycles. The topological polar surface area (TPSA) is 81.7 Å².